The summed E-state index contributed by atoms with van der Waals surface area (Å²) in [5, 5.41) is 0. The van der Waals surface area contributed by atoms with Crippen LogP contribution in [-0.2, 0) is 0 Å². The first-order valence-electron chi connectivity index (χ1n) is 3.36. The monoisotopic (exact) mass is 173 g/mol. The van der Waals surface area contributed by atoms with Crippen LogP contribution in [0.5, 0.6) is 0 Å². The Balaban J connectivity index is 4.66. The van der Waals surface area contributed by atoms with Crippen LogP contribution in [0.25, 0.3) is 10.4 Å². The lowest BCUT2D eigenvalue weighted by molar-refractivity contribution is 0.487. The molecule has 0 aromatic carbocycles. The van der Waals surface area contributed by atoms with E-state index in [0.29, 0.717) is 0 Å². The second-order valence-corrected chi connectivity index (χ2v) is 6.88. The van der Waals surface area contributed by atoms with Gasteiger partial charge in [0.25, 0.3) is 8.56 Å². The minimum Gasteiger partial charge on any atom is -0.314 e. The van der Waals surface area contributed by atoms with Gasteiger partial charge in [0.2, 0.25) is 0 Å². The minimum atomic E-state index is -2.03. The molecule has 0 aliphatic heterocycles. The van der Waals surface area contributed by atoms with Crippen molar-refractivity contribution in [1.82, 2.24) is 9.13 Å². The van der Waals surface area contributed by atoms with Gasteiger partial charge in [0.1, 0.15) is 0 Å². The van der Waals surface area contributed by atoms with Crippen molar-refractivity contribution >= 4 is 8.56 Å². The third kappa shape index (κ3) is 2.20. The number of hydrogen-bond acceptors (Lipinski definition) is 3. The molecule has 0 radical (unpaired) electrons. The second kappa shape index (κ2) is 3.73. The summed E-state index contributed by atoms with van der Waals surface area (Å²) in [7, 11) is 5.70. The van der Waals surface area contributed by atoms with E-state index in [-0.39, 0.29) is 0 Å². The zero-order valence-corrected chi connectivity index (χ0v) is 8.74. The van der Waals surface area contributed by atoms with Crippen LogP contribution in [0, 0.1) is 0 Å². The van der Waals surface area contributed by atoms with E-state index in [0.717, 1.165) is 0 Å². The Morgan fingerprint density at radius 1 is 1.18 bits per heavy atom. The van der Waals surface area contributed by atoms with Gasteiger partial charge in [0.05, 0.1) is 0 Å². The number of azide groups is 1. The fraction of sp³-hybridized carbons (Fsp3) is 1.00. The molecule has 64 valence electrons. The zero-order valence-electron chi connectivity index (χ0n) is 7.74. The third-order valence-electron chi connectivity index (χ3n) is 1.93. The molecule has 11 heavy (non-hydrogen) atoms. The molecular weight excluding hydrogens is 158 g/mol. The van der Waals surface area contributed by atoms with Crippen molar-refractivity contribution in [3.05, 3.63) is 10.4 Å². The Bertz CT molecular complexity index is 164. The summed E-state index contributed by atoms with van der Waals surface area (Å²) in [6.45, 7) is 1.99. The van der Waals surface area contributed by atoms with E-state index in [1.165, 1.54) is 0 Å². The summed E-state index contributed by atoms with van der Waals surface area (Å²) in [6.07, 6.45) is 0. The van der Waals surface area contributed by atoms with Crippen LogP contribution in [0.2, 0.25) is 6.55 Å². The Kier molecular flexibility index (Phi) is 3.54. The third-order valence-corrected chi connectivity index (χ3v) is 5.79. The predicted octanol–water partition coefficient (Wildman–Crippen LogP) is 0.989. The molecule has 0 aromatic heterocycles. The fourth-order valence-corrected chi connectivity index (χ4v) is 1.99. The topological polar surface area (TPSA) is 55.2 Å². The molecule has 0 aliphatic rings. The first-order chi connectivity index (χ1) is 4.95. The van der Waals surface area contributed by atoms with Crippen LogP contribution < -0.4 is 0 Å². The van der Waals surface area contributed by atoms with E-state index in [9.17, 15) is 0 Å². The lowest BCUT2D eigenvalue weighted by Gasteiger charge is -2.34. The van der Waals surface area contributed by atoms with Crippen LogP contribution in [-0.4, -0.2) is 45.9 Å². The van der Waals surface area contributed by atoms with Gasteiger partial charge in [0.15, 0.2) is 0 Å². The quantitative estimate of drug-likeness (QED) is 0.276. The van der Waals surface area contributed by atoms with Gasteiger partial charge in [-0.05, 0) is 40.3 Å². The molecule has 0 N–H and O–H groups in total. The average molecular weight is 173 g/mol. The normalized spacial score (nSPS) is 11.9. The van der Waals surface area contributed by atoms with E-state index < -0.39 is 8.56 Å². The maximum atomic E-state index is 8.34. The van der Waals surface area contributed by atoms with E-state index in [4.69, 9.17) is 5.53 Å². The maximum absolute atomic E-state index is 8.34. The molecule has 0 fully saturated rings. The minimum absolute atomic E-state index is 1.93. The SMILES string of the molecule is CN(C)[Si](C)(N=[N+]=[N-])N(C)C. The smallest absolute Gasteiger partial charge is 0.300 e. The highest BCUT2D eigenvalue weighted by atomic mass is 28.4. The van der Waals surface area contributed by atoms with Crippen molar-refractivity contribution in [3.63, 3.8) is 0 Å². The Morgan fingerprint density at radius 3 is 1.64 bits per heavy atom. The van der Waals surface area contributed by atoms with Crippen molar-refractivity contribution in [2.24, 2.45) is 4.78 Å². The molecule has 0 heterocycles. The molecule has 0 atom stereocenters. The summed E-state index contributed by atoms with van der Waals surface area (Å²) in [5.74, 6) is 0. The van der Waals surface area contributed by atoms with Gasteiger partial charge in [-0.1, -0.05) is 4.78 Å². The van der Waals surface area contributed by atoms with Gasteiger partial charge in [-0.3, -0.25) is 0 Å². The van der Waals surface area contributed by atoms with Gasteiger partial charge in [-0.25, -0.2) is 0 Å². The molecule has 0 aromatic rings. The highest BCUT2D eigenvalue weighted by Crippen LogP contribution is 2.09. The number of hydrogen-bond donors (Lipinski definition) is 0. The Hall–Kier alpha value is -0.553. The van der Waals surface area contributed by atoms with Gasteiger partial charge in [-0.2, -0.15) is 0 Å². The van der Waals surface area contributed by atoms with Gasteiger partial charge < -0.3 is 9.13 Å². The van der Waals surface area contributed by atoms with E-state index >= 15 is 0 Å². The fourth-order valence-electron chi connectivity index (χ4n) is 0.664. The van der Waals surface area contributed by atoms with Gasteiger partial charge in [0, 0.05) is 4.91 Å². The standard InChI is InChI=1S/C5H15N5Si/c1-9(2)11(5,8-7-6)10(3)4/h1-5H3. The molecular formula is C5H15N5Si. The first kappa shape index (κ1) is 10.4. The molecule has 0 unspecified atom stereocenters. The molecule has 0 bridgehead atoms. The van der Waals surface area contributed by atoms with Crippen LogP contribution >= 0.6 is 0 Å². The lowest BCUT2D eigenvalue weighted by atomic mass is 11.3. The molecule has 6 heteroatoms. The zero-order chi connectivity index (χ0) is 9.07. The molecule has 0 spiro atoms. The van der Waals surface area contributed by atoms with Crippen LogP contribution in [0.15, 0.2) is 4.78 Å². The highest BCUT2D eigenvalue weighted by Gasteiger charge is 2.32. The van der Waals surface area contributed by atoms with Gasteiger partial charge in [-0.15, -0.1) is 0 Å². The molecule has 0 amide bonds. The summed E-state index contributed by atoms with van der Waals surface area (Å²) in [6, 6.07) is 0. The van der Waals surface area contributed by atoms with Crippen molar-refractivity contribution in [2.45, 2.75) is 6.55 Å². The molecule has 5 nitrogen and oxygen atoms in total. The second-order valence-electron chi connectivity index (χ2n) is 2.95. The van der Waals surface area contributed by atoms with Crippen LogP contribution in [0.1, 0.15) is 0 Å². The number of nitrogens with zero attached hydrogens (tertiary/aromatic N) is 5. The number of rotatable bonds is 3. The van der Waals surface area contributed by atoms with Crippen molar-refractivity contribution in [1.29, 1.82) is 0 Å². The molecule has 0 saturated carbocycles. The maximum Gasteiger partial charge on any atom is 0.300 e. The summed E-state index contributed by atoms with van der Waals surface area (Å²) in [5.41, 5.74) is 8.34. The van der Waals surface area contributed by atoms with Crippen molar-refractivity contribution in [2.75, 3.05) is 28.2 Å². The Labute approximate surface area is 68.5 Å². The predicted molar refractivity (Wildman–Crippen MR) is 48.1 cm³/mol. The summed E-state index contributed by atoms with van der Waals surface area (Å²) < 4.78 is 7.81. The molecule has 0 rings (SSSR count). The lowest BCUT2D eigenvalue weighted by Crippen LogP contribution is -2.56. The highest BCUT2D eigenvalue weighted by molar-refractivity contribution is 6.71. The largest absolute Gasteiger partial charge is 0.314 e. The van der Waals surface area contributed by atoms with Gasteiger partial charge >= 0.3 is 0 Å². The molecule has 0 aliphatic carbocycles. The average Bonchev–Trinajstić information content (AvgIpc) is 1.87. The van der Waals surface area contributed by atoms with E-state index in [1.807, 2.05) is 43.9 Å². The van der Waals surface area contributed by atoms with Crippen LogP contribution in [0.3, 0.4) is 0 Å². The Morgan fingerprint density at radius 2 is 1.55 bits per heavy atom. The van der Waals surface area contributed by atoms with E-state index in [2.05, 4.69) is 9.69 Å². The van der Waals surface area contributed by atoms with E-state index in [1.54, 1.807) is 0 Å². The first-order valence-corrected chi connectivity index (χ1v) is 5.70. The summed E-state index contributed by atoms with van der Waals surface area (Å²) >= 11 is 0. The van der Waals surface area contributed by atoms with Crippen LogP contribution in [0.4, 0.5) is 0 Å². The molecule has 0 saturated heterocycles. The van der Waals surface area contributed by atoms with Crippen molar-refractivity contribution in [3.8, 4) is 0 Å². The summed E-state index contributed by atoms with van der Waals surface area (Å²) in [4.78, 5) is 2.85. The van der Waals surface area contributed by atoms with Crippen molar-refractivity contribution < 1.29 is 0 Å².